The quantitative estimate of drug-likeness (QED) is 0.757. The van der Waals surface area contributed by atoms with Gasteiger partial charge in [-0.25, -0.2) is 0 Å². The molecule has 0 spiro atoms. The van der Waals surface area contributed by atoms with Crippen LogP contribution in [0.4, 0.5) is 5.82 Å². The molecule has 7 heteroatoms. The van der Waals surface area contributed by atoms with Crippen LogP contribution in [-0.4, -0.2) is 41.6 Å². The van der Waals surface area contributed by atoms with E-state index in [4.69, 9.17) is 14.7 Å². The minimum Gasteiger partial charge on any atom is -0.376 e. The van der Waals surface area contributed by atoms with E-state index in [2.05, 4.69) is 10.4 Å². The fraction of sp³-hybridized carbons (Fsp3) is 0.500. The molecule has 0 saturated carbocycles. The zero-order chi connectivity index (χ0) is 12.3. The Bertz CT molecular complexity index is 457. The van der Waals surface area contributed by atoms with E-state index in [9.17, 15) is 4.79 Å². The van der Waals surface area contributed by atoms with Crippen molar-refractivity contribution in [3.05, 3.63) is 11.8 Å². The molecule has 2 rings (SSSR count). The van der Waals surface area contributed by atoms with Gasteiger partial charge >= 0.3 is 0 Å². The third-order valence-corrected chi connectivity index (χ3v) is 2.41. The van der Waals surface area contributed by atoms with Crippen molar-refractivity contribution in [2.75, 3.05) is 25.1 Å². The Morgan fingerprint density at radius 1 is 1.71 bits per heavy atom. The number of nitrogens with one attached hydrogen (secondary N) is 1. The highest BCUT2D eigenvalue weighted by Gasteiger charge is 2.24. The number of nitrogens with zero attached hydrogens (tertiary/aromatic N) is 3. The fourth-order valence-electron chi connectivity index (χ4n) is 1.50. The van der Waals surface area contributed by atoms with Crippen LogP contribution in [0.25, 0.3) is 0 Å². The van der Waals surface area contributed by atoms with Crippen molar-refractivity contribution in [2.24, 2.45) is 7.05 Å². The van der Waals surface area contributed by atoms with Gasteiger partial charge in [-0.3, -0.25) is 9.48 Å². The smallest absolute Gasteiger partial charge is 0.257 e. The number of amides is 1. The van der Waals surface area contributed by atoms with Crippen molar-refractivity contribution in [3.63, 3.8) is 0 Å². The minimum atomic E-state index is -0.634. The highest BCUT2D eigenvalue weighted by Crippen LogP contribution is 2.13. The Morgan fingerprint density at radius 3 is 3.18 bits per heavy atom. The van der Waals surface area contributed by atoms with E-state index >= 15 is 0 Å². The average Bonchev–Trinajstić information content (AvgIpc) is 2.71. The molecular formula is C10H12N4O3. The minimum absolute atomic E-state index is 0.228. The van der Waals surface area contributed by atoms with Crippen molar-refractivity contribution in [3.8, 4) is 6.07 Å². The molecular weight excluding hydrogens is 224 g/mol. The van der Waals surface area contributed by atoms with Crippen LogP contribution in [0.15, 0.2) is 6.20 Å². The van der Waals surface area contributed by atoms with Crippen molar-refractivity contribution in [1.82, 2.24) is 9.78 Å². The van der Waals surface area contributed by atoms with Gasteiger partial charge in [-0.05, 0) is 0 Å². The molecule has 1 N–H and O–H groups in total. The van der Waals surface area contributed by atoms with E-state index in [0.29, 0.717) is 24.6 Å². The summed E-state index contributed by atoms with van der Waals surface area (Å²) in [6.07, 6.45) is 0.763. The summed E-state index contributed by atoms with van der Waals surface area (Å²) >= 11 is 0. The lowest BCUT2D eigenvalue weighted by molar-refractivity contribution is -0.142. The summed E-state index contributed by atoms with van der Waals surface area (Å²) in [5, 5.41) is 15.4. The van der Waals surface area contributed by atoms with Crippen LogP contribution in [0.1, 0.15) is 5.56 Å². The number of ether oxygens (including phenoxy) is 2. The number of anilines is 1. The number of hydrogen-bond donors (Lipinski definition) is 1. The van der Waals surface area contributed by atoms with Crippen LogP contribution in [0.5, 0.6) is 0 Å². The standard InChI is InChI=1S/C10H12N4O3/c1-14-9(7(4-11)5-12-14)13-10(15)8-6-16-2-3-17-8/h5,8H,2-3,6H2,1H3,(H,13,15). The first-order valence-corrected chi connectivity index (χ1v) is 5.14. The Labute approximate surface area is 97.9 Å². The summed E-state index contributed by atoms with van der Waals surface area (Å²) in [4.78, 5) is 11.8. The molecule has 1 saturated heterocycles. The predicted molar refractivity (Wildman–Crippen MR) is 57.1 cm³/mol. The molecule has 90 valence electrons. The van der Waals surface area contributed by atoms with E-state index in [1.807, 2.05) is 6.07 Å². The molecule has 1 unspecified atom stereocenters. The third-order valence-electron chi connectivity index (χ3n) is 2.41. The largest absolute Gasteiger partial charge is 0.376 e. The first-order chi connectivity index (χ1) is 8.22. The van der Waals surface area contributed by atoms with Crippen LogP contribution < -0.4 is 5.32 Å². The zero-order valence-corrected chi connectivity index (χ0v) is 9.34. The topological polar surface area (TPSA) is 89.2 Å². The molecule has 7 nitrogen and oxygen atoms in total. The second-order valence-electron chi connectivity index (χ2n) is 3.57. The van der Waals surface area contributed by atoms with Crippen molar-refractivity contribution >= 4 is 11.7 Å². The summed E-state index contributed by atoms with van der Waals surface area (Å²) in [7, 11) is 1.65. The maximum Gasteiger partial charge on any atom is 0.257 e. The first kappa shape index (κ1) is 11.6. The second-order valence-corrected chi connectivity index (χ2v) is 3.57. The number of aryl methyl sites for hydroxylation is 1. The van der Waals surface area contributed by atoms with E-state index < -0.39 is 6.10 Å². The highest BCUT2D eigenvalue weighted by atomic mass is 16.6. The fourth-order valence-corrected chi connectivity index (χ4v) is 1.50. The first-order valence-electron chi connectivity index (χ1n) is 5.14. The number of aromatic nitrogens is 2. The molecule has 2 heterocycles. The molecule has 1 amide bonds. The molecule has 1 aromatic rings. The molecule has 1 aliphatic rings. The summed E-state index contributed by atoms with van der Waals surface area (Å²) in [6, 6.07) is 1.95. The number of hydrogen-bond acceptors (Lipinski definition) is 5. The van der Waals surface area contributed by atoms with Crippen LogP contribution in [0.2, 0.25) is 0 Å². The van der Waals surface area contributed by atoms with Gasteiger partial charge in [0.2, 0.25) is 0 Å². The van der Waals surface area contributed by atoms with E-state index in [1.165, 1.54) is 10.9 Å². The van der Waals surface area contributed by atoms with Gasteiger partial charge in [0.1, 0.15) is 17.5 Å². The number of rotatable bonds is 2. The maximum atomic E-state index is 11.8. The number of nitriles is 1. The van der Waals surface area contributed by atoms with Gasteiger partial charge in [-0.1, -0.05) is 0 Å². The van der Waals surface area contributed by atoms with Crippen molar-refractivity contribution in [1.29, 1.82) is 5.26 Å². The number of carbonyl (C=O) groups is 1. The van der Waals surface area contributed by atoms with E-state index in [1.54, 1.807) is 7.05 Å². The Kier molecular flexibility index (Phi) is 3.37. The lowest BCUT2D eigenvalue weighted by Crippen LogP contribution is -2.39. The van der Waals surface area contributed by atoms with Crippen LogP contribution in [0, 0.1) is 11.3 Å². The molecule has 0 bridgehead atoms. The van der Waals surface area contributed by atoms with Gasteiger partial charge < -0.3 is 14.8 Å². The molecule has 1 aromatic heterocycles. The molecule has 0 radical (unpaired) electrons. The normalized spacial score (nSPS) is 19.6. The SMILES string of the molecule is Cn1ncc(C#N)c1NC(=O)C1COCCO1. The van der Waals surface area contributed by atoms with Crippen molar-refractivity contribution < 1.29 is 14.3 Å². The molecule has 0 aliphatic carbocycles. The monoisotopic (exact) mass is 236 g/mol. The van der Waals surface area contributed by atoms with Gasteiger partial charge in [0.05, 0.1) is 26.0 Å². The third kappa shape index (κ3) is 2.43. The maximum absolute atomic E-state index is 11.8. The second kappa shape index (κ2) is 4.95. The molecule has 1 fully saturated rings. The summed E-state index contributed by atoms with van der Waals surface area (Å²) in [6.45, 7) is 1.12. The van der Waals surface area contributed by atoms with Crippen molar-refractivity contribution in [2.45, 2.75) is 6.10 Å². The van der Waals surface area contributed by atoms with E-state index in [-0.39, 0.29) is 12.5 Å². The Hall–Kier alpha value is -1.91. The van der Waals surface area contributed by atoms with Crippen LogP contribution in [0.3, 0.4) is 0 Å². The molecule has 0 aromatic carbocycles. The van der Waals surface area contributed by atoms with Gasteiger partial charge in [-0.2, -0.15) is 10.4 Å². The lowest BCUT2D eigenvalue weighted by Gasteiger charge is -2.22. The summed E-state index contributed by atoms with van der Waals surface area (Å²) in [5.41, 5.74) is 0.317. The van der Waals surface area contributed by atoms with Gasteiger partial charge in [0.25, 0.3) is 5.91 Å². The van der Waals surface area contributed by atoms with Crippen LogP contribution in [-0.2, 0) is 21.3 Å². The Morgan fingerprint density at radius 2 is 2.53 bits per heavy atom. The molecule has 17 heavy (non-hydrogen) atoms. The number of carbonyl (C=O) groups excluding carboxylic acids is 1. The zero-order valence-electron chi connectivity index (χ0n) is 9.34. The molecule has 1 aliphatic heterocycles. The summed E-state index contributed by atoms with van der Waals surface area (Å²) < 4.78 is 11.8. The summed E-state index contributed by atoms with van der Waals surface area (Å²) in [5.74, 6) is 0.0384. The van der Waals surface area contributed by atoms with Crippen LogP contribution >= 0.6 is 0 Å². The van der Waals surface area contributed by atoms with Gasteiger partial charge in [0.15, 0.2) is 6.10 Å². The van der Waals surface area contributed by atoms with Gasteiger partial charge in [0, 0.05) is 7.05 Å². The van der Waals surface area contributed by atoms with E-state index in [0.717, 1.165) is 0 Å². The highest BCUT2D eigenvalue weighted by molar-refractivity contribution is 5.94. The predicted octanol–water partition coefficient (Wildman–Crippen LogP) is -0.354. The Balaban J connectivity index is 2.07. The molecule has 1 atom stereocenters. The lowest BCUT2D eigenvalue weighted by atomic mass is 10.3. The average molecular weight is 236 g/mol. The van der Waals surface area contributed by atoms with Gasteiger partial charge in [-0.15, -0.1) is 0 Å².